The van der Waals surface area contributed by atoms with Gasteiger partial charge in [0.25, 0.3) is 5.69 Å². The Kier molecular flexibility index (Phi) is 2.56. The van der Waals surface area contributed by atoms with Gasteiger partial charge in [0, 0.05) is 28.7 Å². The third-order valence-corrected chi connectivity index (χ3v) is 3.17. The van der Waals surface area contributed by atoms with Crippen LogP contribution in [0.3, 0.4) is 0 Å². The molecule has 4 heteroatoms. The summed E-state index contributed by atoms with van der Waals surface area (Å²) >= 11 is 0. The number of fused-ring (bicyclic) bond motifs is 1. The van der Waals surface area contributed by atoms with Crippen molar-refractivity contribution in [2.45, 2.75) is 6.92 Å². The van der Waals surface area contributed by atoms with Gasteiger partial charge < -0.3 is 4.98 Å². The smallest absolute Gasteiger partial charge is 0.269 e. The van der Waals surface area contributed by atoms with E-state index in [0.29, 0.717) is 0 Å². The summed E-state index contributed by atoms with van der Waals surface area (Å²) in [4.78, 5) is 13.5. The minimum atomic E-state index is -0.386. The molecular weight excluding hydrogens is 240 g/mol. The number of aryl methyl sites for hydroxylation is 1. The SMILES string of the molecule is Cc1cc2cc(-c3ccc([N+](=O)[O-])cc3)ccc2[nH]1. The van der Waals surface area contributed by atoms with Gasteiger partial charge in [-0.3, -0.25) is 10.1 Å². The first-order chi connectivity index (χ1) is 9.13. The maximum atomic E-state index is 10.6. The molecule has 0 radical (unpaired) electrons. The number of nitrogens with one attached hydrogen (secondary N) is 1. The lowest BCUT2D eigenvalue weighted by atomic mass is 10.0. The van der Waals surface area contributed by atoms with Gasteiger partial charge in [-0.15, -0.1) is 0 Å². The summed E-state index contributed by atoms with van der Waals surface area (Å²) in [7, 11) is 0. The molecule has 0 unspecified atom stereocenters. The molecule has 0 saturated heterocycles. The minimum absolute atomic E-state index is 0.113. The molecule has 1 N–H and O–H groups in total. The summed E-state index contributed by atoms with van der Waals surface area (Å²) in [6.07, 6.45) is 0. The average Bonchev–Trinajstić information content (AvgIpc) is 2.77. The third kappa shape index (κ3) is 2.08. The molecule has 0 saturated carbocycles. The van der Waals surface area contributed by atoms with Crippen molar-refractivity contribution in [2.24, 2.45) is 0 Å². The Morgan fingerprint density at radius 3 is 2.37 bits per heavy atom. The molecule has 0 aliphatic carbocycles. The van der Waals surface area contributed by atoms with Crippen molar-refractivity contribution in [3.63, 3.8) is 0 Å². The molecule has 4 nitrogen and oxygen atoms in total. The third-order valence-electron chi connectivity index (χ3n) is 3.17. The predicted molar refractivity (Wildman–Crippen MR) is 75.1 cm³/mol. The fourth-order valence-corrected chi connectivity index (χ4v) is 2.23. The van der Waals surface area contributed by atoms with Crippen LogP contribution in [0.2, 0.25) is 0 Å². The van der Waals surface area contributed by atoms with Crippen LogP contribution in [-0.2, 0) is 0 Å². The maximum absolute atomic E-state index is 10.6. The zero-order valence-electron chi connectivity index (χ0n) is 10.4. The Labute approximate surface area is 109 Å². The number of non-ortho nitro benzene ring substituents is 1. The topological polar surface area (TPSA) is 58.9 Å². The van der Waals surface area contributed by atoms with Gasteiger partial charge in [-0.2, -0.15) is 0 Å². The highest BCUT2D eigenvalue weighted by Crippen LogP contribution is 2.26. The van der Waals surface area contributed by atoms with E-state index in [-0.39, 0.29) is 10.6 Å². The van der Waals surface area contributed by atoms with Gasteiger partial charge in [-0.05, 0) is 48.4 Å². The zero-order chi connectivity index (χ0) is 13.4. The van der Waals surface area contributed by atoms with Crippen molar-refractivity contribution in [1.29, 1.82) is 0 Å². The van der Waals surface area contributed by atoms with Gasteiger partial charge in [0.05, 0.1) is 4.92 Å². The Hall–Kier alpha value is -2.62. The van der Waals surface area contributed by atoms with E-state index in [2.05, 4.69) is 17.1 Å². The van der Waals surface area contributed by atoms with Crippen molar-refractivity contribution in [1.82, 2.24) is 4.98 Å². The molecule has 19 heavy (non-hydrogen) atoms. The summed E-state index contributed by atoms with van der Waals surface area (Å²) in [5.41, 5.74) is 4.37. The Morgan fingerprint density at radius 2 is 1.68 bits per heavy atom. The average molecular weight is 252 g/mol. The molecule has 0 aliphatic rings. The molecule has 1 heterocycles. The molecule has 94 valence electrons. The Bertz CT molecular complexity index is 757. The molecule has 0 bridgehead atoms. The number of hydrogen-bond donors (Lipinski definition) is 1. The molecule has 3 rings (SSSR count). The predicted octanol–water partition coefficient (Wildman–Crippen LogP) is 4.05. The summed E-state index contributed by atoms with van der Waals surface area (Å²) in [5, 5.41) is 11.8. The number of nitro groups is 1. The number of aromatic amines is 1. The van der Waals surface area contributed by atoms with Crippen molar-refractivity contribution >= 4 is 16.6 Å². The monoisotopic (exact) mass is 252 g/mol. The van der Waals surface area contributed by atoms with Gasteiger partial charge in [-0.25, -0.2) is 0 Å². The highest BCUT2D eigenvalue weighted by molar-refractivity contribution is 5.85. The number of nitro benzene ring substituents is 1. The normalized spacial score (nSPS) is 10.8. The van der Waals surface area contributed by atoms with Crippen LogP contribution in [0.15, 0.2) is 48.5 Å². The number of benzene rings is 2. The fourth-order valence-electron chi connectivity index (χ4n) is 2.23. The lowest BCUT2D eigenvalue weighted by molar-refractivity contribution is -0.384. The zero-order valence-corrected chi connectivity index (χ0v) is 10.4. The first kappa shape index (κ1) is 11.5. The van der Waals surface area contributed by atoms with Crippen molar-refractivity contribution < 1.29 is 4.92 Å². The van der Waals surface area contributed by atoms with E-state index in [1.807, 2.05) is 19.1 Å². The van der Waals surface area contributed by atoms with Gasteiger partial charge in [0.2, 0.25) is 0 Å². The molecular formula is C15H12N2O2. The van der Waals surface area contributed by atoms with Crippen molar-refractivity contribution in [3.05, 3.63) is 64.3 Å². The van der Waals surface area contributed by atoms with Crippen LogP contribution >= 0.6 is 0 Å². The largest absolute Gasteiger partial charge is 0.359 e. The number of nitrogens with zero attached hydrogens (tertiary/aromatic N) is 1. The van der Waals surface area contributed by atoms with E-state index >= 15 is 0 Å². The molecule has 2 aromatic carbocycles. The van der Waals surface area contributed by atoms with Gasteiger partial charge in [-0.1, -0.05) is 6.07 Å². The maximum Gasteiger partial charge on any atom is 0.269 e. The van der Waals surface area contributed by atoms with Crippen LogP contribution in [0.1, 0.15) is 5.69 Å². The standard InChI is InChI=1S/C15H12N2O2/c1-10-8-13-9-12(4-7-15(13)16-10)11-2-5-14(6-3-11)17(18)19/h2-9,16H,1H3. The van der Waals surface area contributed by atoms with Crippen LogP contribution in [0.4, 0.5) is 5.69 Å². The first-order valence-electron chi connectivity index (χ1n) is 5.98. The van der Waals surface area contributed by atoms with Gasteiger partial charge >= 0.3 is 0 Å². The highest BCUT2D eigenvalue weighted by atomic mass is 16.6. The van der Waals surface area contributed by atoms with E-state index in [4.69, 9.17) is 0 Å². The molecule has 0 aliphatic heterocycles. The first-order valence-corrected chi connectivity index (χ1v) is 5.98. The van der Waals surface area contributed by atoms with E-state index in [0.717, 1.165) is 27.7 Å². The molecule has 0 fully saturated rings. The number of rotatable bonds is 2. The highest BCUT2D eigenvalue weighted by Gasteiger charge is 2.06. The Morgan fingerprint density at radius 1 is 1.00 bits per heavy atom. The minimum Gasteiger partial charge on any atom is -0.359 e. The summed E-state index contributed by atoms with van der Waals surface area (Å²) in [6, 6.07) is 14.8. The number of hydrogen-bond acceptors (Lipinski definition) is 2. The molecule has 0 atom stereocenters. The van der Waals surface area contributed by atoms with Crippen LogP contribution in [0.5, 0.6) is 0 Å². The van der Waals surface area contributed by atoms with Crippen LogP contribution in [0, 0.1) is 17.0 Å². The molecule has 0 amide bonds. The van der Waals surface area contributed by atoms with Crippen LogP contribution in [-0.4, -0.2) is 9.91 Å². The molecule has 1 aromatic heterocycles. The summed E-state index contributed by atoms with van der Waals surface area (Å²) < 4.78 is 0. The number of H-pyrrole nitrogens is 1. The second-order valence-corrected chi connectivity index (χ2v) is 4.56. The van der Waals surface area contributed by atoms with E-state index in [9.17, 15) is 10.1 Å². The quantitative estimate of drug-likeness (QED) is 0.552. The van der Waals surface area contributed by atoms with Crippen LogP contribution < -0.4 is 0 Å². The second kappa shape index (κ2) is 4.24. The lowest BCUT2D eigenvalue weighted by Crippen LogP contribution is -1.87. The molecule has 0 spiro atoms. The van der Waals surface area contributed by atoms with Crippen molar-refractivity contribution in [3.8, 4) is 11.1 Å². The summed E-state index contributed by atoms with van der Waals surface area (Å²) in [6.45, 7) is 2.02. The molecule has 3 aromatic rings. The Balaban J connectivity index is 2.05. The van der Waals surface area contributed by atoms with E-state index in [1.165, 1.54) is 12.1 Å². The van der Waals surface area contributed by atoms with Crippen molar-refractivity contribution in [2.75, 3.05) is 0 Å². The van der Waals surface area contributed by atoms with E-state index < -0.39 is 0 Å². The van der Waals surface area contributed by atoms with E-state index in [1.54, 1.807) is 12.1 Å². The van der Waals surface area contributed by atoms with Crippen LogP contribution in [0.25, 0.3) is 22.0 Å². The fraction of sp³-hybridized carbons (Fsp3) is 0.0667. The summed E-state index contributed by atoms with van der Waals surface area (Å²) in [5.74, 6) is 0. The second-order valence-electron chi connectivity index (χ2n) is 4.56. The number of aromatic nitrogens is 1. The van der Waals surface area contributed by atoms with Gasteiger partial charge in [0.15, 0.2) is 0 Å². The lowest BCUT2D eigenvalue weighted by Gasteiger charge is -2.01. The van der Waals surface area contributed by atoms with Gasteiger partial charge in [0.1, 0.15) is 0 Å².